The van der Waals surface area contributed by atoms with Crippen LogP contribution in [0.3, 0.4) is 0 Å². The van der Waals surface area contributed by atoms with E-state index >= 15 is 0 Å². The number of primary amides is 1. The Morgan fingerprint density at radius 2 is 1.97 bits per heavy atom. The number of amides is 3. The quantitative estimate of drug-likeness (QED) is 0.759. The zero-order valence-electron chi connectivity index (χ0n) is 15.6. The molecule has 0 radical (unpaired) electrons. The van der Waals surface area contributed by atoms with Crippen molar-refractivity contribution in [2.45, 2.75) is 19.3 Å². The van der Waals surface area contributed by atoms with Gasteiger partial charge in [-0.15, -0.1) is 11.3 Å². The Morgan fingerprint density at radius 3 is 2.72 bits per heavy atom. The van der Waals surface area contributed by atoms with Crippen molar-refractivity contribution >= 4 is 34.2 Å². The average molecular weight is 416 g/mol. The third-order valence-electron chi connectivity index (χ3n) is 4.99. The van der Waals surface area contributed by atoms with E-state index in [9.17, 15) is 14.4 Å². The van der Waals surface area contributed by atoms with Gasteiger partial charge in [0.1, 0.15) is 0 Å². The number of carbonyl (C=O) groups is 3. The van der Waals surface area contributed by atoms with Crippen molar-refractivity contribution in [3.63, 3.8) is 0 Å². The summed E-state index contributed by atoms with van der Waals surface area (Å²) in [7, 11) is 0. The highest BCUT2D eigenvalue weighted by Crippen LogP contribution is 2.32. The van der Waals surface area contributed by atoms with Crippen LogP contribution >= 0.6 is 11.3 Å². The van der Waals surface area contributed by atoms with Gasteiger partial charge in [-0.3, -0.25) is 19.7 Å². The number of rotatable bonds is 5. The highest BCUT2D eigenvalue weighted by atomic mass is 32.1. The molecule has 3 amide bonds. The van der Waals surface area contributed by atoms with Crippen molar-refractivity contribution in [2.24, 2.45) is 11.7 Å². The summed E-state index contributed by atoms with van der Waals surface area (Å²) in [5, 5.41) is 4.91. The van der Waals surface area contributed by atoms with Crippen LogP contribution in [0.1, 0.15) is 28.9 Å². The molecule has 1 fully saturated rings. The minimum Gasteiger partial charge on any atom is -0.454 e. The maximum atomic E-state index is 12.5. The molecule has 0 spiro atoms. The van der Waals surface area contributed by atoms with E-state index < -0.39 is 0 Å². The maximum Gasteiger partial charge on any atom is 0.257 e. The van der Waals surface area contributed by atoms with Crippen molar-refractivity contribution < 1.29 is 23.9 Å². The second kappa shape index (κ2) is 8.08. The molecule has 3 N–H and O–H groups in total. The summed E-state index contributed by atoms with van der Waals surface area (Å²) in [6.45, 7) is 1.18. The van der Waals surface area contributed by atoms with Crippen LogP contribution in [0.2, 0.25) is 0 Å². The molecule has 4 rings (SSSR count). The molecule has 9 nitrogen and oxygen atoms in total. The molecule has 10 heteroatoms. The summed E-state index contributed by atoms with van der Waals surface area (Å²) < 4.78 is 10.5. The summed E-state index contributed by atoms with van der Waals surface area (Å²) in [5.41, 5.74) is 6.35. The third kappa shape index (κ3) is 4.32. The Labute approximate surface area is 170 Å². The molecule has 0 saturated carbocycles. The van der Waals surface area contributed by atoms with Gasteiger partial charge >= 0.3 is 0 Å². The summed E-state index contributed by atoms with van der Waals surface area (Å²) >= 11 is 1.26. The minimum absolute atomic E-state index is 0.0492. The standard InChI is InChI=1S/C19H20N4O5S/c20-17(25)11-3-5-23(6-4-11)16(24)8-13-9-29-19(21-13)22-18(26)12-1-2-14-15(7-12)28-10-27-14/h1-2,7,9,11H,3-6,8,10H2,(H2,20,25)(H,21,22,26). The molecule has 0 bridgehead atoms. The zero-order valence-corrected chi connectivity index (χ0v) is 16.4. The molecular formula is C19H20N4O5S. The van der Waals surface area contributed by atoms with Gasteiger partial charge in [0.15, 0.2) is 16.6 Å². The number of nitrogens with zero attached hydrogens (tertiary/aromatic N) is 2. The average Bonchev–Trinajstić information content (AvgIpc) is 3.36. The number of anilines is 1. The largest absolute Gasteiger partial charge is 0.454 e. The Balaban J connectivity index is 1.32. The number of ether oxygens (including phenoxy) is 2. The highest BCUT2D eigenvalue weighted by molar-refractivity contribution is 7.14. The lowest BCUT2D eigenvalue weighted by atomic mass is 9.96. The molecule has 1 aromatic carbocycles. The molecule has 3 heterocycles. The lowest BCUT2D eigenvalue weighted by molar-refractivity contribution is -0.134. The van der Waals surface area contributed by atoms with Gasteiger partial charge in [0.25, 0.3) is 5.91 Å². The smallest absolute Gasteiger partial charge is 0.257 e. The van der Waals surface area contributed by atoms with Crippen molar-refractivity contribution in [2.75, 3.05) is 25.2 Å². The van der Waals surface area contributed by atoms with Crippen LogP contribution < -0.4 is 20.5 Å². The summed E-state index contributed by atoms with van der Waals surface area (Å²) in [5.74, 6) is 0.311. The van der Waals surface area contributed by atoms with Crippen molar-refractivity contribution in [1.82, 2.24) is 9.88 Å². The maximum absolute atomic E-state index is 12.5. The van der Waals surface area contributed by atoms with E-state index in [1.54, 1.807) is 28.5 Å². The Morgan fingerprint density at radius 1 is 1.21 bits per heavy atom. The topological polar surface area (TPSA) is 124 Å². The predicted octanol–water partition coefficient (Wildman–Crippen LogP) is 1.39. The number of nitrogens with one attached hydrogen (secondary N) is 1. The highest BCUT2D eigenvalue weighted by Gasteiger charge is 2.26. The van der Waals surface area contributed by atoms with Crippen LogP contribution in [0, 0.1) is 5.92 Å². The molecule has 2 aliphatic rings. The van der Waals surface area contributed by atoms with Gasteiger partial charge in [-0.25, -0.2) is 4.98 Å². The fourth-order valence-electron chi connectivity index (χ4n) is 3.33. The van der Waals surface area contributed by atoms with Crippen LogP contribution in [0.4, 0.5) is 5.13 Å². The second-order valence-corrected chi connectivity index (χ2v) is 7.76. The van der Waals surface area contributed by atoms with Crippen LogP contribution in [0.15, 0.2) is 23.6 Å². The third-order valence-corrected chi connectivity index (χ3v) is 5.80. The van der Waals surface area contributed by atoms with Gasteiger partial charge in [-0.1, -0.05) is 0 Å². The first-order valence-electron chi connectivity index (χ1n) is 9.22. The van der Waals surface area contributed by atoms with Crippen molar-refractivity contribution in [3.8, 4) is 11.5 Å². The molecule has 0 aliphatic carbocycles. The van der Waals surface area contributed by atoms with E-state index in [4.69, 9.17) is 15.2 Å². The monoisotopic (exact) mass is 416 g/mol. The van der Waals surface area contributed by atoms with E-state index in [0.717, 1.165) is 0 Å². The number of likely N-dealkylation sites (tertiary alicyclic amines) is 1. The molecule has 2 aromatic rings. The van der Waals surface area contributed by atoms with E-state index in [0.29, 0.717) is 53.8 Å². The molecule has 152 valence electrons. The summed E-state index contributed by atoms with van der Waals surface area (Å²) in [4.78, 5) is 42.2. The van der Waals surface area contributed by atoms with E-state index in [-0.39, 0.29) is 36.9 Å². The number of carbonyl (C=O) groups excluding carboxylic acids is 3. The molecule has 2 aliphatic heterocycles. The van der Waals surface area contributed by atoms with Gasteiger partial charge in [-0.05, 0) is 31.0 Å². The number of fused-ring (bicyclic) bond motifs is 1. The van der Waals surface area contributed by atoms with Crippen LogP contribution in [0.25, 0.3) is 0 Å². The lowest BCUT2D eigenvalue weighted by Crippen LogP contribution is -2.42. The molecule has 0 atom stereocenters. The van der Waals surface area contributed by atoms with Crippen molar-refractivity contribution in [3.05, 3.63) is 34.8 Å². The fourth-order valence-corrected chi connectivity index (χ4v) is 4.04. The fraction of sp³-hybridized carbons (Fsp3) is 0.368. The normalized spacial score (nSPS) is 15.9. The first kappa shape index (κ1) is 19.2. The Kier molecular flexibility index (Phi) is 5.34. The SMILES string of the molecule is NC(=O)C1CCN(C(=O)Cc2csc(NC(=O)c3ccc4c(c3)OCO4)n2)CC1. The van der Waals surface area contributed by atoms with Gasteiger partial charge in [0, 0.05) is 30.0 Å². The Hall–Kier alpha value is -3.14. The Bertz CT molecular complexity index is 952. The molecule has 0 unspecified atom stereocenters. The van der Waals surface area contributed by atoms with Crippen LogP contribution in [-0.4, -0.2) is 47.5 Å². The number of hydrogen-bond acceptors (Lipinski definition) is 7. The van der Waals surface area contributed by atoms with Gasteiger partial charge in [0.05, 0.1) is 12.1 Å². The number of benzene rings is 1. The zero-order chi connectivity index (χ0) is 20.4. The first-order chi connectivity index (χ1) is 14.0. The van der Waals surface area contributed by atoms with Crippen molar-refractivity contribution in [1.29, 1.82) is 0 Å². The summed E-state index contributed by atoms with van der Waals surface area (Å²) in [6, 6.07) is 4.95. The summed E-state index contributed by atoms with van der Waals surface area (Å²) in [6.07, 6.45) is 1.33. The van der Waals surface area contributed by atoms with Crippen LogP contribution in [0.5, 0.6) is 11.5 Å². The second-order valence-electron chi connectivity index (χ2n) is 6.90. The number of hydrogen-bond donors (Lipinski definition) is 2. The van der Waals surface area contributed by atoms with Gasteiger partial charge in [-0.2, -0.15) is 0 Å². The van der Waals surface area contributed by atoms with E-state index in [2.05, 4.69) is 10.3 Å². The number of piperidine rings is 1. The lowest BCUT2D eigenvalue weighted by Gasteiger charge is -2.30. The molecule has 1 saturated heterocycles. The predicted molar refractivity (Wildman–Crippen MR) is 105 cm³/mol. The van der Waals surface area contributed by atoms with E-state index in [1.165, 1.54) is 11.3 Å². The minimum atomic E-state index is -0.316. The molecule has 29 heavy (non-hydrogen) atoms. The molecule has 1 aromatic heterocycles. The van der Waals surface area contributed by atoms with Crippen LogP contribution in [-0.2, 0) is 16.0 Å². The molecular weight excluding hydrogens is 396 g/mol. The van der Waals surface area contributed by atoms with Gasteiger partial charge < -0.3 is 20.1 Å². The number of thiazole rings is 1. The van der Waals surface area contributed by atoms with Gasteiger partial charge in [0.2, 0.25) is 18.6 Å². The number of aromatic nitrogens is 1. The number of nitrogens with two attached hydrogens (primary N) is 1. The van der Waals surface area contributed by atoms with E-state index in [1.807, 2.05) is 0 Å². The first-order valence-corrected chi connectivity index (χ1v) is 10.1.